The van der Waals surface area contributed by atoms with E-state index in [0.29, 0.717) is 22.5 Å². The van der Waals surface area contributed by atoms with Crippen molar-refractivity contribution in [3.8, 4) is 0 Å². The van der Waals surface area contributed by atoms with Crippen LogP contribution in [0.4, 0.5) is 11.4 Å². The summed E-state index contributed by atoms with van der Waals surface area (Å²) < 4.78 is 27.5. The molecule has 0 radical (unpaired) electrons. The number of fused-ring (bicyclic) bond motifs is 1. The minimum absolute atomic E-state index is 0.0296. The van der Waals surface area contributed by atoms with Crippen molar-refractivity contribution in [1.29, 1.82) is 0 Å². The van der Waals surface area contributed by atoms with E-state index in [-0.39, 0.29) is 11.7 Å². The number of hydrogen-bond acceptors (Lipinski definition) is 3. The Morgan fingerprint density at radius 3 is 2.30 bits per heavy atom. The van der Waals surface area contributed by atoms with E-state index < -0.39 is 10.0 Å². The van der Waals surface area contributed by atoms with Gasteiger partial charge in [-0.3, -0.25) is 9.52 Å². The minimum Gasteiger partial charge on any atom is -0.321 e. The fourth-order valence-corrected chi connectivity index (χ4v) is 4.30. The summed E-state index contributed by atoms with van der Waals surface area (Å²) >= 11 is 3.46. The van der Waals surface area contributed by atoms with Gasteiger partial charge in [0.2, 0.25) is 10.0 Å². The van der Waals surface area contributed by atoms with Crippen LogP contribution in [0.15, 0.2) is 77.3 Å². The number of carbonyl (C=O) groups is 1. The molecule has 0 saturated carbocycles. The molecular weight excluding hydrogens is 464 g/mol. The summed E-state index contributed by atoms with van der Waals surface area (Å²) in [6.07, 6.45) is 0. The molecule has 2 N–H and O–H groups in total. The normalized spacial score (nSPS) is 14.8. The van der Waals surface area contributed by atoms with Crippen LogP contribution in [0.25, 0.3) is 11.1 Å². The van der Waals surface area contributed by atoms with Crippen LogP contribution in [0.5, 0.6) is 0 Å². The van der Waals surface area contributed by atoms with E-state index >= 15 is 0 Å². The molecule has 0 bridgehead atoms. The molecule has 0 fully saturated rings. The van der Waals surface area contributed by atoms with Gasteiger partial charge in [-0.15, -0.1) is 0 Å². The SMILES string of the molecule is CCS(=O)(=O)Nc1ccc2c(c1)/C(=C(\c1ccccc1)c1ccc(Br)cc1)C(=O)N2. The van der Waals surface area contributed by atoms with Gasteiger partial charge in [0.05, 0.1) is 11.3 Å². The number of amides is 1. The Morgan fingerprint density at radius 1 is 0.967 bits per heavy atom. The van der Waals surface area contributed by atoms with Crippen molar-refractivity contribution in [2.24, 2.45) is 0 Å². The minimum atomic E-state index is -3.43. The number of anilines is 2. The number of hydrogen-bond donors (Lipinski definition) is 2. The first kappa shape index (κ1) is 20.4. The zero-order chi connectivity index (χ0) is 21.3. The average Bonchev–Trinajstić information content (AvgIpc) is 3.05. The summed E-state index contributed by atoms with van der Waals surface area (Å²) in [6, 6.07) is 22.5. The van der Waals surface area contributed by atoms with Crippen LogP contribution >= 0.6 is 15.9 Å². The Kier molecular flexibility index (Phi) is 5.49. The van der Waals surface area contributed by atoms with Gasteiger partial charge in [0.15, 0.2) is 0 Å². The quantitative estimate of drug-likeness (QED) is 0.495. The second-order valence-electron chi connectivity index (χ2n) is 6.84. The lowest BCUT2D eigenvalue weighted by Crippen LogP contribution is -2.14. The number of carbonyl (C=O) groups excluding carboxylic acids is 1. The predicted molar refractivity (Wildman–Crippen MR) is 125 cm³/mol. The maximum Gasteiger partial charge on any atom is 0.257 e. The van der Waals surface area contributed by atoms with Crippen LogP contribution in [-0.2, 0) is 14.8 Å². The van der Waals surface area contributed by atoms with Crippen molar-refractivity contribution in [3.05, 3.63) is 94.0 Å². The van der Waals surface area contributed by atoms with Gasteiger partial charge in [0.1, 0.15) is 0 Å². The van der Waals surface area contributed by atoms with Crippen LogP contribution in [-0.4, -0.2) is 20.1 Å². The number of halogens is 1. The van der Waals surface area contributed by atoms with Crippen LogP contribution in [0, 0.1) is 0 Å². The maximum absolute atomic E-state index is 13.0. The lowest BCUT2D eigenvalue weighted by atomic mass is 9.90. The summed E-state index contributed by atoms with van der Waals surface area (Å²) in [5, 5.41) is 2.90. The van der Waals surface area contributed by atoms with E-state index in [0.717, 1.165) is 21.2 Å². The molecule has 0 atom stereocenters. The lowest BCUT2D eigenvalue weighted by molar-refractivity contribution is -0.110. The third-order valence-electron chi connectivity index (χ3n) is 4.86. The first-order valence-corrected chi connectivity index (χ1v) is 11.8. The molecule has 1 aliphatic heterocycles. The van der Waals surface area contributed by atoms with E-state index in [9.17, 15) is 13.2 Å². The summed E-state index contributed by atoms with van der Waals surface area (Å²) in [5.74, 6) is -0.250. The van der Waals surface area contributed by atoms with Gasteiger partial charge in [0.25, 0.3) is 5.91 Å². The van der Waals surface area contributed by atoms with E-state index in [1.165, 1.54) is 0 Å². The first-order chi connectivity index (χ1) is 14.4. The van der Waals surface area contributed by atoms with Crippen molar-refractivity contribution >= 4 is 54.4 Å². The second-order valence-corrected chi connectivity index (χ2v) is 9.77. The second kappa shape index (κ2) is 8.08. The van der Waals surface area contributed by atoms with Gasteiger partial charge >= 0.3 is 0 Å². The smallest absolute Gasteiger partial charge is 0.257 e. The fourth-order valence-electron chi connectivity index (χ4n) is 3.41. The van der Waals surface area contributed by atoms with Crippen LogP contribution in [0.1, 0.15) is 23.6 Å². The predicted octanol–water partition coefficient (Wildman–Crippen LogP) is 5.12. The number of rotatable bonds is 5. The molecule has 4 rings (SSSR count). The van der Waals surface area contributed by atoms with Crippen LogP contribution in [0.3, 0.4) is 0 Å². The van der Waals surface area contributed by atoms with Crippen molar-refractivity contribution in [2.75, 3.05) is 15.8 Å². The van der Waals surface area contributed by atoms with Gasteiger partial charge in [-0.2, -0.15) is 0 Å². The number of benzene rings is 3. The standard InChI is InChI=1S/C23H19BrN2O3S/c1-2-30(28,29)26-18-12-13-20-19(14-18)22(23(27)25-20)21(15-6-4-3-5-7-15)16-8-10-17(24)11-9-16/h3-14,26H,2H2,1H3,(H,25,27)/b22-21-. The van der Waals surface area contributed by atoms with Crippen molar-refractivity contribution in [1.82, 2.24) is 0 Å². The Hall–Kier alpha value is -2.90. The van der Waals surface area contributed by atoms with Crippen molar-refractivity contribution < 1.29 is 13.2 Å². The topological polar surface area (TPSA) is 75.3 Å². The molecule has 0 aliphatic carbocycles. The number of sulfonamides is 1. The third kappa shape index (κ3) is 4.04. The van der Waals surface area contributed by atoms with E-state index in [2.05, 4.69) is 26.0 Å². The molecule has 0 aromatic heterocycles. The average molecular weight is 483 g/mol. The highest BCUT2D eigenvalue weighted by atomic mass is 79.9. The maximum atomic E-state index is 13.0. The zero-order valence-electron chi connectivity index (χ0n) is 16.1. The van der Waals surface area contributed by atoms with Gasteiger partial charge in [0, 0.05) is 27.0 Å². The molecule has 1 aliphatic rings. The largest absolute Gasteiger partial charge is 0.321 e. The summed E-state index contributed by atoms with van der Waals surface area (Å²) in [7, 11) is -3.43. The number of nitrogens with one attached hydrogen (secondary N) is 2. The molecule has 30 heavy (non-hydrogen) atoms. The first-order valence-electron chi connectivity index (χ1n) is 9.40. The van der Waals surface area contributed by atoms with Crippen LogP contribution in [0.2, 0.25) is 0 Å². The Morgan fingerprint density at radius 2 is 1.63 bits per heavy atom. The summed E-state index contributed by atoms with van der Waals surface area (Å²) in [6.45, 7) is 1.58. The molecule has 0 unspecified atom stereocenters. The van der Waals surface area contributed by atoms with E-state index in [4.69, 9.17) is 0 Å². The molecule has 152 valence electrons. The van der Waals surface area contributed by atoms with Gasteiger partial charge in [-0.1, -0.05) is 58.4 Å². The molecule has 1 heterocycles. The van der Waals surface area contributed by atoms with Gasteiger partial charge in [-0.05, 0) is 48.4 Å². The summed E-state index contributed by atoms with van der Waals surface area (Å²) in [4.78, 5) is 13.0. The molecule has 0 spiro atoms. The molecule has 5 nitrogen and oxygen atoms in total. The molecule has 1 amide bonds. The third-order valence-corrected chi connectivity index (χ3v) is 6.70. The van der Waals surface area contributed by atoms with Gasteiger partial charge < -0.3 is 5.32 Å². The molecule has 7 heteroatoms. The van der Waals surface area contributed by atoms with Crippen molar-refractivity contribution in [3.63, 3.8) is 0 Å². The molecule has 0 saturated heterocycles. The summed E-state index contributed by atoms with van der Waals surface area (Å²) in [5.41, 5.74) is 4.83. The van der Waals surface area contributed by atoms with E-state index in [1.807, 2.05) is 54.6 Å². The Labute approximate surface area is 184 Å². The Balaban J connectivity index is 1.95. The highest BCUT2D eigenvalue weighted by Gasteiger charge is 2.29. The monoisotopic (exact) mass is 482 g/mol. The highest BCUT2D eigenvalue weighted by molar-refractivity contribution is 9.10. The zero-order valence-corrected chi connectivity index (χ0v) is 18.5. The highest BCUT2D eigenvalue weighted by Crippen LogP contribution is 2.41. The lowest BCUT2D eigenvalue weighted by Gasteiger charge is -2.13. The molecular formula is C23H19BrN2O3S. The molecule has 3 aromatic carbocycles. The Bertz CT molecular complexity index is 1250. The molecule has 3 aromatic rings. The van der Waals surface area contributed by atoms with Crippen molar-refractivity contribution in [2.45, 2.75) is 6.92 Å². The van der Waals surface area contributed by atoms with E-state index in [1.54, 1.807) is 25.1 Å². The van der Waals surface area contributed by atoms with Gasteiger partial charge in [-0.25, -0.2) is 8.42 Å². The van der Waals surface area contributed by atoms with Crippen LogP contribution < -0.4 is 10.0 Å². The fraction of sp³-hybridized carbons (Fsp3) is 0.0870.